The minimum Gasteiger partial charge on any atom is -0.339 e. The van der Waals surface area contributed by atoms with Crippen LogP contribution in [0, 0.1) is 0 Å². The van der Waals surface area contributed by atoms with Gasteiger partial charge in [0.25, 0.3) is 0 Å². The number of benzene rings is 1. The molecule has 4 nitrogen and oxygen atoms in total. The molecule has 0 unspecified atom stereocenters. The van der Waals surface area contributed by atoms with Gasteiger partial charge in [0.2, 0.25) is 5.91 Å². The zero-order valence-electron chi connectivity index (χ0n) is 14.5. The van der Waals surface area contributed by atoms with E-state index >= 15 is 0 Å². The van der Waals surface area contributed by atoms with Crippen LogP contribution < -0.4 is 5.73 Å². The van der Waals surface area contributed by atoms with Crippen molar-refractivity contribution >= 4 is 42.3 Å². The Morgan fingerprint density at radius 2 is 1.56 bits per heavy atom. The van der Waals surface area contributed by atoms with Crippen LogP contribution in [0.2, 0.25) is 5.02 Å². The second-order valence-corrected chi connectivity index (χ2v) is 7.35. The van der Waals surface area contributed by atoms with Crippen LogP contribution >= 0.6 is 36.4 Å². The minimum absolute atomic E-state index is 0. The van der Waals surface area contributed by atoms with Gasteiger partial charge in [0.15, 0.2) is 0 Å². The molecule has 1 heterocycles. The van der Waals surface area contributed by atoms with E-state index in [0.29, 0.717) is 0 Å². The minimum atomic E-state index is -0.601. The smallest absolute Gasteiger partial charge is 0.242 e. The molecule has 142 valence electrons. The molecule has 1 aromatic rings. The molecule has 1 amide bonds. The summed E-state index contributed by atoms with van der Waals surface area (Å²) in [6, 6.07) is 7.99. The van der Waals surface area contributed by atoms with Crippen molar-refractivity contribution in [3.63, 3.8) is 0 Å². The number of carbonyl (C=O) groups is 1. The molecule has 2 fully saturated rings. The van der Waals surface area contributed by atoms with Gasteiger partial charge in [-0.3, -0.25) is 9.69 Å². The number of piperazine rings is 1. The van der Waals surface area contributed by atoms with Crippen LogP contribution in [0.15, 0.2) is 24.3 Å². The van der Waals surface area contributed by atoms with Gasteiger partial charge >= 0.3 is 0 Å². The molecule has 25 heavy (non-hydrogen) atoms. The van der Waals surface area contributed by atoms with Crippen molar-refractivity contribution in [1.29, 1.82) is 0 Å². The third-order valence-corrected chi connectivity index (χ3v) is 5.40. The van der Waals surface area contributed by atoms with E-state index < -0.39 is 5.54 Å². The molecule has 1 saturated carbocycles. The molecule has 0 radical (unpaired) electrons. The maximum absolute atomic E-state index is 12.7. The van der Waals surface area contributed by atoms with Crippen molar-refractivity contribution in [1.82, 2.24) is 9.80 Å². The van der Waals surface area contributed by atoms with Gasteiger partial charge in [-0.05, 0) is 30.5 Å². The molecule has 0 atom stereocenters. The maximum Gasteiger partial charge on any atom is 0.242 e. The van der Waals surface area contributed by atoms with Gasteiger partial charge in [-0.25, -0.2) is 0 Å². The van der Waals surface area contributed by atoms with Crippen LogP contribution in [0.25, 0.3) is 0 Å². The summed E-state index contributed by atoms with van der Waals surface area (Å²) in [6.07, 6.45) is 5.06. The van der Waals surface area contributed by atoms with Crippen molar-refractivity contribution in [3.8, 4) is 0 Å². The van der Waals surface area contributed by atoms with Crippen molar-refractivity contribution in [2.24, 2.45) is 5.73 Å². The number of carbonyl (C=O) groups excluding carboxylic acids is 1. The fourth-order valence-corrected chi connectivity index (χ4v) is 3.79. The van der Waals surface area contributed by atoms with E-state index in [-0.39, 0.29) is 30.7 Å². The third kappa shape index (κ3) is 5.73. The zero-order chi connectivity index (χ0) is 16.3. The predicted octanol–water partition coefficient (Wildman–Crippen LogP) is 3.49. The molecule has 2 aliphatic rings. The first-order valence-electron chi connectivity index (χ1n) is 8.62. The lowest BCUT2D eigenvalue weighted by Gasteiger charge is -2.41. The lowest BCUT2D eigenvalue weighted by molar-refractivity contribution is -0.140. The molecule has 1 aromatic carbocycles. The predicted molar refractivity (Wildman–Crippen MR) is 108 cm³/mol. The monoisotopic (exact) mass is 407 g/mol. The highest BCUT2D eigenvalue weighted by Gasteiger charge is 2.39. The molecular formula is C18H28Cl3N3O. The van der Waals surface area contributed by atoms with E-state index in [4.69, 9.17) is 17.3 Å². The normalized spacial score (nSPS) is 20.3. The maximum atomic E-state index is 12.7. The van der Waals surface area contributed by atoms with Crippen molar-refractivity contribution < 1.29 is 4.79 Å². The van der Waals surface area contributed by atoms with Crippen LogP contribution in [-0.4, -0.2) is 47.4 Å². The van der Waals surface area contributed by atoms with Crippen LogP contribution in [0.3, 0.4) is 0 Å². The summed E-state index contributed by atoms with van der Waals surface area (Å²) >= 11 is 5.93. The third-order valence-electron chi connectivity index (χ3n) is 5.15. The molecule has 0 bridgehead atoms. The summed E-state index contributed by atoms with van der Waals surface area (Å²) in [6.45, 7) is 4.29. The fourth-order valence-electron chi connectivity index (χ4n) is 3.67. The van der Waals surface area contributed by atoms with Gasteiger partial charge in [-0.1, -0.05) is 43.0 Å². The van der Waals surface area contributed by atoms with E-state index in [1.807, 2.05) is 17.0 Å². The van der Waals surface area contributed by atoms with E-state index in [1.165, 1.54) is 12.0 Å². The number of rotatable bonds is 3. The molecule has 2 N–H and O–H groups in total. The second-order valence-electron chi connectivity index (χ2n) is 6.91. The van der Waals surface area contributed by atoms with Crippen molar-refractivity contribution in [3.05, 3.63) is 34.9 Å². The van der Waals surface area contributed by atoms with Gasteiger partial charge in [0.05, 0.1) is 5.54 Å². The summed E-state index contributed by atoms with van der Waals surface area (Å²) in [4.78, 5) is 17.1. The number of hydrogen-bond donors (Lipinski definition) is 1. The molecule has 1 aliphatic carbocycles. The fraction of sp³-hybridized carbons (Fsp3) is 0.611. The Balaban J connectivity index is 0.00000156. The summed E-state index contributed by atoms with van der Waals surface area (Å²) in [5, 5.41) is 0.768. The van der Waals surface area contributed by atoms with Gasteiger partial charge < -0.3 is 10.6 Å². The summed E-state index contributed by atoms with van der Waals surface area (Å²) in [5.41, 5.74) is 7.05. The number of nitrogens with two attached hydrogens (primary N) is 1. The number of halogens is 3. The summed E-state index contributed by atoms with van der Waals surface area (Å²) < 4.78 is 0. The van der Waals surface area contributed by atoms with Gasteiger partial charge in [-0.15, -0.1) is 24.8 Å². The Hall–Kier alpha value is -0.520. The van der Waals surface area contributed by atoms with Crippen LogP contribution in [0.4, 0.5) is 0 Å². The molecule has 3 rings (SSSR count). The lowest BCUT2D eigenvalue weighted by Crippen LogP contribution is -2.60. The van der Waals surface area contributed by atoms with E-state index in [2.05, 4.69) is 17.0 Å². The van der Waals surface area contributed by atoms with Crippen molar-refractivity contribution in [2.75, 3.05) is 26.2 Å². The van der Waals surface area contributed by atoms with Gasteiger partial charge in [0, 0.05) is 37.7 Å². The van der Waals surface area contributed by atoms with E-state index in [9.17, 15) is 4.79 Å². The Morgan fingerprint density at radius 3 is 2.12 bits per heavy atom. The molecule has 0 spiro atoms. The number of nitrogens with zero attached hydrogens (tertiary/aromatic N) is 2. The van der Waals surface area contributed by atoms with Crippen LogP contribution in [-0.2, 0) is 11.3 Å². The van der Waals surface area contributed by atoms with Gasteiger partial charge in [0.1, 0.15) is 0 Å². The number of hydrogen-bond acceptors (Lipinski definition) is 3. The van der Waals surface area contributed by atoms with Crippen molar-refractivity contribution in [2.45, 2.75) is 44.2 Å². The summed E-state index contributed by atoms with van der Waals surface area (Å²) in [5.74, 6) is 0.170. The van der Waals surface area contributed by atoms with Crippen LogP contribution in [0.5, 0.6) is 0 Å². The van der Waals surface area contributed by atoms with E-state index in [0.717, 1.165) is 63.4 Å². The zero-order valence-corrected chi connectivity index (χ0v) is 16.8. The first kappa shape index (κ1) is 22.5. The summed E-state index contributed by atoms with van der Waals surface area (Å²) in [7, 11) is 0. The molecule has 7 heteroatoms. The highest BCUT2D eigenvalue weighted by molar-refractivity contribution is 6.30. The first-order chi connectivity index (χ1) is 11.1. The standard InChI is InChI=1S/C18H26ClN3O.2ClH/c19-16-6-4-15(5-7-16)14-21-10-12-22(13-11-21)17(23)18(20)8-2-1-3-9-18;;/h4-7H,1-3,8-14,20H2;2*1H. The van der Waals surface area contributed by atoms with Gasteiger partial charge in [-0.2, -0.15) is 0 Å². The molecule has 1 aliphatic heterocycles. The SMILES string of the molecule is Cl.Cl.NC1(C(=O)N2CCN(Cc3ccc(Cl)cc3)CC2)CCCCC1. The van der Waals surface area contributed by atoms with Crippen LogP contribution in [0.1, 0.15) is 37.7 Å². The Kier molecular flexibility index (Phi) is 8.99. The average molecular weight is 409 g/mol. The lowest BCUT2D eigenvalue weighted by atomic mass is 9.81. The second kappa shape index (κ2) is 9.98. The Labute approximate surface area is 167 Å². The first-order valence-corrected chi connectivity index (χ1v) is 9.00. The molecule has 0 aromatic heterocycles. The number of amides is 1. The quantitative estimate of drug-likeness (QED) is 0.833. The largest absolute Gasteiger partial charge is 0.339 e. The Morgan fingerprint density at radius 1 is 1.00 bits per heavy atom. The van der Waals surface area contributed by atoms with E-state index in [1.54, 1.807) is 0 Å². The Bertz CT molecular complexity index is 539. The molecular weight excluding hydrogens is 381 g/mol. The topological polar surface area (TPSA) is 49.6 Å². The molecule has 1 saturated heterocycles. The highest BCUT2D eigenvalue weighted by Crippen LogP contribution is 2.28. The average Bonchev–Trinajstić information content (AvgIpc) is 2.58. The highest BCUT2D eigenvalue weighted by atomic mass is 35.5.